The van der Waals surface area contributed by atoms with Crippen LogP contribution in [-0.4, -0.2) is 25.3 Å². The van der Waals surface area contributed by atoms with Gasteiger partial charge in [-0.25, -0.2) is 4.39 Å². The Hall–Kier alpha value is -2.27. The third-order valence-electron chi connectivity index (χ3n) is 3.58. The molecule has 0 aliphatic carbocycles. The van der Waals surface area contributed by atoms with Crippen LogP contribution in [0.25, 0.3) is 0 Å². The van der Waals surface area contributed by atoms with Gasteiger partial charge in [0.25, 0.3) is 0 Å². The van der Waals surface area contributed by atoms with Gasteiger partial charge in [-0.15, -0.1) is 0 Å². The van der Waals surface area contributed by atoms with Gasteiger partial charge in [0.05, 0.1) is 20.1 Å². The molecule has 122 valence electrons. The van der Waals surface area contributed by atoms with Crippen LogP contribution in [0.5, 0.6) is 11.5 Å². The van der Waals surface area contributed by atoms with Gasteiger partial charge >= 0.3 is 5.97 Å². The van der Waals surface area contributed by atoms with Gasteiger partial charge in [-0.2, -0.15) is 0 Å². The van der Waals surface area contributed by atoms with Gasteiger partial charge in [-0.3, -0.25) is 4.79 Å². The van der Waals surface area contributed by atoms with Gasteiger partial charge in [0.2, 0.25) is 0 Å². The molecule has 0 bridgehead atoms. The number of methoxy groups -OCH3 is 2. The highest BCUT2D eigenvalue weighted by Crippen LogP contribution is 2.34. The van der Waals surface area contributed by atoms with Crippen molar-refractivity contribution in [2.45, 2.75) is 12.3 Å². The molecule has 1 atom stereocenters. The number of benzene rings is 2. The molecule has 0 amide bonds. The first-order valence-electron chi connectivity index (χ1n) is 6.85. The molecule has 0 aliphatic rings. The summed E-state index contributed by atoms with van der Waals surface area (Å²) in [7, 11) is 2.94. The maximum atomic E-state index is 14.0. The van der Waals surface area contributed by atoms with Crippen molar-refractivity contribution in [2.75, 3.05) is 14.2 Å². The SMILES string of the molecule is COc1ccc(C(Cc2c(F)cccc2Cl)C(=O)O)c(OC)c1. The third kappa shape index (κ3) is 3.74. The maximum Gasteiger partial charge on any atom is 0.311 e. The fourth-order valence-corrected chi connectivity index (χ4v) is 2.61. The number of hydrogen-bond acceptors (Lipinski definition) is 3. The highest BCUT2D eigenvalue weighted by atomic mass is 35.5. The number of halogens is 2. The van der Waals surface area contributed by atoms with Crippen LogP contribution in [0.1, 0.15) is 17.0 Å². The number of ether oxygens (including phenoxy) is 2. The van der Waals surface area contributed by atoms with Crippen LogP contribution in [-0.2, 0) is 11.2 Å². The minimum absolute atomic E-state index is 0.0798. The summed E-state index contributed by atoms with van der Waals surface area (Å²) < 4.78 is 24.3. The van der Waals surface area contributed by atoms with E-state index >= 15 is 0 Å². The molecule has 4 nitrogen and oxygen atoms in total. The predicted molar refractivity (Wildman–Crippen MR) is 85.0 cm³/mol. The Morgan fingerprint density at radius 1 is 1.26 bits per heavy atom. The van der Waals surface area contributed by atoms with Gasteiger partial charge in [-0.1, -0.05) is 23.7 Å². The topological polar surface area (TPSA) is 55.8 Å². The monoisotopic (exact) mass is 338 g/mol. The summed E-state index contributed by atoms with van der Waals surface area (Å²) in [5.41, 5.74) is 0.597. The van der Waals surface area contributed by atoms with Gasteiger partial charge in [0.1, 0.15) is 17.3 Å². The lowest BCUT2D eigenvalue weighted by Crippen LogP contribution is -2.16. The molecule has 2 aromatic rings. The lowest BCUT2D eigenvalue weighted by atomic mass is 9.91. The van der Waals surface area contributed by atoms with E-state index in [2.05, 4.69) is 0 Å². The summed E-state index contributed by atoms with van der Waals surface area (Å²) >= 11 is 6.00. The quantitative estimate of drug-likeness (QED) is 0.867. The fourth-order valence-electron chi connectivity index (χ4n) is 2.37. The van der Waals surface area contributed by atoms with Crippen LogP contribution < -0.4 is 9.47 Å². The van der Waals surface area contributed by atoms with E-state index in [-0.39, 0.29) is 17.0 Å². The molecule has 0 radical (unpaired) electrons. The Morgan fingerprint density at radius 3 is 2.57 bits per heavy atom. The molecule has 23 heavy (non-hydrogen) atoms. The number of carbonyl (C=O) groups is 1. The van der Waals surface area contributed by atoms with Crippen molar-refractivity contribution in [1.82, 2.24) is 0 Å². The highest BCUT2D eigenvalue weighted by Gasteiger charge is 2.26. The van der Waals surface area contributed by atoms with E-state index in [1.165, 1.54) is 32.4 Å². The van der Waals surface area contributed by atoms with Gasteiger partial charge in [0.15, 0.2) is 0 Å². The van der Waals surface area contributed by atoms with Crippen LogP contribution >= 0.6 is 11.6 Å². The number of hydrogen-bond donors (Lipinski definition) is 1. The summed E-state index contributed by atoms with van der Waals surface area (Å²) in [4.78, 5) is 11.7. The molecule has 0 aromatic heterocycles. The first kappa shape index (κ1) is 17.1. The van der Waals surface area contributed by atoms with E-state index < -0.39 is 17.7 Å². The van der Waals surface area contributed by atoms with Gasteiger partial charge in [0, 0.05) is 22.2 Å². The minimum Gasteiger partial charge on any atom is -0.497 e. The molecule has 6 heteroatoms. The van der Waals surface area contributed by atoms with Crippen molar-refractivity contribution in [3.05, 3.63) is 58.4 Å². The molecule has 0 saturated carbocycles. The van der Waals surface area contributed by atoms with E-state index in [1.807, 2.05) is 0 Å². The average Bonchev–Trinajstić information content (AvgIpc) is 2.54. The molecule has 2 aromatic carbocycles. The van der Waals surface area contributed by atoms with Crippen LogP contribution in [0.3, 0.4) is 0 Å². The summed E-state index contributed by atoms with van der Waals surface area (Å²) in [6.07, 6.45) is -0.0798. The number of aliphatic carboxylic acids is 1. The van der Waals surface area contributed by atoms with Crippen LogP contribution in [0.4, 0.5) is 4.39 Å². The second kappa shape index (κ2) is 7.33. The zero-order chi connectivity index (χ0) is 17.0. The maximum absolute atomic E-state index is 14.0. The normalized spacial score (nSPS) is 11.8. The molecule has 0 aliphatic heterocycles. The van der Waals surface area contributed by atoms with Crippen molar-refractivity contribution in [1.29, 1.82) is 0 Å². The smallest absolute Gasteiger partial charge is 0.311 e. The molecule has 2 rings (SSSR count). The van der Waals surface area contributed by atoms with Crippen LogP contribution in [0.15, 0.2) is 36.4 Å². The van der Waals surface area contributed by atoms with E-state index in [0.29, 0.717) is 17.1 Å². The van der Waals surface area contributed by atoms with Crippen molar-refractivity contribution in [3.8, 4) is 11.5 Å². The standard InChI is InChI=1S/C17H16ClFO4/c1-22-10-6-7-11(16(8-10)23-2)12(17(20)21)9-13-14(18)4-3-5-15(13)19/h3-8,12H,9H2,1-2H3,(H,20,21). The van der Waals surface area contributed by atoms with Crippen molar-refractivity contribution in [2.24, 2.45) is 0 Å². The van der Waals surface area contributed by atoms with Crippen LogP contribution in [0.2, 0.25) is 5.02 Å². The van der Waals surface area contributed by atoms with Gasteiger partial charge in [-0.05, 0) is 24.6 Å². The molecular formula is C17H16ClFO4. The van der Waals surface area contributed by atoms with Crippen molar-refractivity contribution < 1.29 is 23.8 Å². The van der Waals surface area contributed by atoms with E-state index in [9.17, 15) is 14.3 Å². The third-order valence-corrected chi connectivity index (χ3v) is 3.94. The Labute approximate surface area is 138 Å². The second-order valence-electron chi connectivity index (χ2n) is 4.90. The number of carboxylic acids is 1. The molecule has 1 unspecified atom stereocenters. The Morgan fingerprint density at radius 2 is 2.00 bits per heavy atom. The molecule has 0 heterocycles. The highest BCUT2D eigenvalue weighted by molar-refractivity contribution is 6.31. The fraction of sp³-hybridized carbons (Fsp3) is 0.235. The number of carboxylic acid groups (broad SMARTS) is 1. The Bertz CT molecular complexity index is 697. The van der Waals surface area contributed by atoms with Crippen molar-refractivity contribution >= 4 is 17.6 Å². The summed E-state index contributed by atoms with van der Waals surface area (Å²) in [6, 6.07) is 9.09. The molecular weight excluding hydrogens is 323 g/mol. The number of rotatable bonds is 6. The lowest BCUT2D eigenvalue weighted by Gasteiger charge is -2.18. The largest absolute Gasteiger partial charge is 0.497 e. The first-order valence-corrected chi connectivity index (χ1v) is 7.23. The summed E-state index contributed by atoms with van der Waals surface area (Å²) in [5.74, 6) is -1.71. The minimum atomic E-state index is -1.09. The molecule has 0 saturated heterocycles. The zero-order valence-electron chi connectivity index (χ0n) is 12.7. The predicted octanol–water partition coefficient (Wildman–Crippen LogP) is 3.91. The Kier molecular flexibility index (Phi) is 5.45. The van der Waals surface area contributed by atoms with Crippen molar-refractivity contribution in [3.63, 3.8) is 0 Å². The first-order chi connectivity index (χ1) is 11.0. The van der Waals surface area contributed by atoms with E-state index in [4.69, 9.17) is 21.1 Å². The second-order valence-corrected chi connectivity index (χ2v) is 5.31. The Balaban J connectivity index is 2.45. The van der Waals surface area contributed by atoms with Crippen LogP contribution in [0, 0.1) is 5.82 Å². The van der Waals surface area contributed by atoms with E-state index in [0.717, 1.165) is 0 Å². The lowest BCUT2D eigenvalue weighted by molar-refractivity contribution is -0.138. The molecule has 1 N–H and O–H groups in total. The van der Waals surface area contributed by atoms with E-state index in [1.54, 1.807) is 18.2 Å². The van der Waals surface area contributed by atoms with Gasteiger partial charge < -0.3 is 14.6 Å². The zero-order valence-corrected chi connectivity index (χ0v) is 13.4. The summed E-state index contributed by atoms with van der Waals surface area (Å²) in [6.45, 7) is 0. The molecule has 0 fully saturated rings. The summed E-state index contributed by atoms with van der Waals surface area (Å²) in [5, 5.41) is 9.76. The average molecular weight is 339 g/mol. The molecule has 0 spiro atoms.